The normalized spacial score (nSPS) is 15.1. The van der Waals surface area contributed by atoms with E-state index < -0.39 is 15.9 Å². The van der Waals surface area contributed by atoms with Crippen LogP contribution in [0.4, 0.5) is 14.6 Å². The van der Waals surface area contributed by atoms with E-state index in [0.29, 0.717) is 68.1 Å². The van der Waals surface area contributed by atoms with E-state index in [2.05, 4.69) is 29.9 Å². The van der Waals surface area contributed by atoms with Crippen molar-refractivity contribution in [1.29, 1.82) is 0 Å². The van der Waals surface area contributed by atoms with Crippen LogP contribution in [0.3, 0.4) is 0 Å². The molecular formula is C26H28F2N6O4S. The molecule has 4 aromatic rings. The molecule has 1 aliphatic rings. The maximum atomic E-state index is 13.1. The second kappa shape index (κ2) is 10.4. The number of aromatic nitrogens is 5. The Hall–Kier alpha value is -3.87. The molecule has 1 aromatic carbocycles. The number of rotatable bonds is 8. The van der Waals surface area contributed by atoms with Crippen LogP contribution in [-0.2, 0) is 16.4 Å². The fraction of sp³-hybridized carbons (Fsp3) is 0.385. The Labute approximate surface area is 224 Å². The van der Waals surface area contributed by atoms with Gasteiger partial charge < -0.3 is 14.2 Å². The van der Waals surface area contributed by atoms with E-state index in [1.54, 1.807) is 29.1 Å². The minimum absolute atomic E-state index is 0.0414. The van der Waals surface area contributed by atoms with Crippen molar-refractivity contribution in [1.82, 2.24) is 24.9 Å². The molecule has 1 fully saturated rings. The van der Waals surface area contributed by atoms with E-state index in [1.807, 2.05) is 19.1 Å². The lowest BCUT2D eigenvalue weighted by atomic mass is 10.1. The summed E-state index contributed by atoms with van der Waals surface area (Å²) in [5, 5.41) is 8.38. The van der Waals surface area contributed by atoms with Gasteiger partial charge in [0.25, 0.3) is 0 Å². The molecule has 0 aliphatic carbocycles. The number of hydrogen-bond donors (Lipinski definition) is 0. The van der Waals surface area contributed by atoms with Crippen LogP contribution in [0, 0.1) is 6.92 Å². The maximum absolute atomic E-state index is 13.1. The summed E-state index contributed by atoms with van der Waals surface area (Å²) in [7, 11) is -3.04. The molecule has 4 heterocycles. The van der Waals surface area contributed by atoms with Gasteiger partial charge in [-0.1, -0.05) is 5.16 Å². The third kappa shape index (κ3) is 6.41. The largest absolute Gasteiger partial charge is 0.433 e. The van der Waals surface area contributed by atoms with Gasteiger partial charge in [-0.3, -0.25) is 0 Å². The smallest absolute Gasteiger partial charge is 0.394 e. The predicted molar refractivity (Wildman–Crippen MR) is 140 cm³/mol. The second-order valence-corrected chi connectivity index (χ2v) is 12.0. The minimum Gasteiger partial charge on any atom is -0.433 e. The fourth-order valence-corrected chi connectivity index (χ4v) is 5.57. The molecule has 5 rings (SSSR count). The van der Waals surface area contributed by atoms with Gasteiger partial charge in [0, 0.05) is 44.1 Å². The number of pyridine rings is 1. The SMILES string of the molecule is Cc1nc(-c2cc(-c3ccc(OC(C)(F)F)cc3)on2)nn1Cc1ccnc(N2CCC(S(C)(=O)=O)CC2)c1. The van der Waals surface area contributed by atoms with Crippen molar-refractivity contribution < 1.29 is 26.5 Å². The van der Waals surface area contributed by atoms with Crippen LogP contribution in [0.2, 0.25) is 0 Å². The van der Waals surface area contributed by atoms with Crippen LogP contribution in [0.1, 0.15) is 31.2 Å². The topological polar surface area (TPSA) is 116 Å². The van der Waals surface area contributed by atoms with Crippen molar-refractivity contribution in [2.24, 2.45) is 0 Å². The molecule has 0 amide bonds. The van der Waals surface area contributed by atoms with Crippen molar-refractivity contribution in [3.05, 3.63) is 60.0 Å². The lowest BCUT2D eigenvalue weighted by Crippen LogP contribution is -2.39. The number of alkyl halides is 2. The molecule has 0 saturated carbocycles. The molecule has 1 saturated heterocycles. The molecule has 10 nitrogen and oxygen atoms in total. The Balaban J connectivity index is 1.27. The summed E-state index contributed by atoms with van der Waals surface area (Å²) in [5.74, 6) is 2.36. The van der Waals surface area contributed by atoms with Crippen LogP contribution < -0.4 is 9.64 Å². The number of sulfone groups is 1. The van der Waals surface area contributed by atoms with Gasteiger partial charge in [0.2, 0.25) is 5.82 Å². The van der Waals surface area contributed by atoms with Gasteiger partial charge in [-0.25, -0.2) is 23.1 Å². The quantitative estimate of drug-likeness (QED) is 0.311. The highest BCUT2D eigenvalue weighted by molar-refractivity contribution is 7.91. The van der Waals surface area contributed by atoms with E-state index >= 15 is 0 Å². The van der Waals surface area contributed by atoms with Crippen LogP contribution in [0.25, 0.3) is 22.8 Å². The van der Waals surface area contributed by atoms with Crippen LogP contribution in [0.15, 0.2) is 53.2 Å². The number of halogens is 2. The zero-order chi connectivity index (χ0) is 27.8. The predicted octanol–water partition coefficient (Wildman–Crippen LogP) is 4.36. The Morgan fingerprint density at radius 1 is 1.13 bits per heavy atom. The summed E-state index contributed by atoms with van der Waals surface area (Å²) in [4.78, 5) is 11.1. The van der Waals surface area contributed by atoms with E-state index in [4.69, 9.17) is 4.52 Å². The average Bonchev–Trinajstić information content (AvgIpc) is 3.51. The highest BCUT2D eigenvalue weighted by atomic mass is 32.2. The molecule has 0 spiro atoms. The molecule has 0 atom stereocenters. The van der Waals surface area contributed by atoms with Gasteiger partial charge in [0.1, 0.15) is 27.2 Å². The Morgan fingerprint density at radius 3 is 2.51 bits per heavy atom. The molecule has 3 aromatic heterocycles. The number of nitrogens with zero attached hydrogens (tertiary/aromatic N) is 6. The standard InChI is InChI=1S/C26H28F2N6O4S/c1-17-30-25(22-15-23(38-32-22)19-4-6-20(7-5-19)37-26(2,27)28)31-34(17)16-18-8-11-29-24(14-18)33-12-9-21(10-13-33)39(3,35)36/h4-8,11,14-15,21H,9-10,12-13,16H2,1-3H3. The maximum Gasteiger partial charge on any atom is 0.394 e. The fourth-order valence-electron chi connectivity index (χ4n) is 4.51. The molecule has 1 aliphatic heterocycles. The monoisotopic (exact) mass is 558 g/mol. The van der Waals surface area contributed by atoms with Gasteiger partial charge >= 0.3 is 6.11 Å². The minimum atomic E-state index is -3.27. The summed E-state index contributed by atoms with van der Waals surface area (Å²) >= 11 is 0. The highest BCUT2D eigenvalue weighted by Gasteiger charge is 2.27. The summed E-state index contributed by atoms with van der Waals surface area (Å²) in [6.45, 7) is 4.25. The van der Waals surface area contributed by atoms with Gasteiger partial charge in [-0.2, -0.15) is 8.78 Å². The summed E-state index contributed by atoms with van der Waals surface area (Å²) in [5.41, 5.74) is 2.06. The van der Waals surface area contributed by atoms with Crippen molar-refractivity contribution in [2.45, 2.75) is 44.6 Å². The molecule has 0 radical (unpaired) electrons. The molecule has 39 heavy (non-hydrogen) atoms. The Bertz CT molecular complexity index is 1560. The van der Waals surface area contributed by atoms with E-state index in [1.165, 1.54) is 18.4 Å². The zero-order valence-corrected chi connectivity index (χ0v) is 22.5. The first-order valence-corrected chi connectivity index (χ1v) is 14.3. The molecule has 0 unspecified atom stereocenters. The number of anilines is 1. The second-order valence-electron chi connectivity index (χ2n) is 9.69. The lowest BCUT2D eigenvalue weighted by Gasteiger charge is -2.32. The summed E-state index contributed by atoms with van der Waals surface area (Å²) in [6.07, 6.45) is 0.943. The first-order chi connectivity index (χ1) is 18.4. The molecule has 0 bridgehead atoms. The van der Waals surface area contributed by atoms with Crippen LogP contribution >= 0.6 is 0 Å². The Kier molecular flexibility index (Phi) is 7.10. The zero-order valence-electron chi connectivity index (χ0n) is 21.7. The van der Waals surface area contributed by atoms with Crippen molar-refractivity contribution in [2.75, 3.05) is 24.2 Å². The molecule has 0 N–H and O–H groups in total. The summed E-state index contributed by atoms with van der Waals surface area (Å²) < 4.78 is 61.6. The van der Waals surface area contributed by atoms with Crippen molar-refractivity contribution in [3.8, 4) is 28.6 Å². The average molecular weight is 559 g/mol. The van der Waals surface area contributed by atoms with Gasteiger partial charge in [-0.05, 0) is 61.7 Å². The van der Waals surface area contributed by atoms with Gasteiger partial charge in [-0.15, -0.1) is 5.10 Å². The number of piperidine rings is 1. The van der Waals surface area contributed by atoms with Gasteiger partial charge in [0.05, 0.1) is 11.8 Å². The first kappa shape index (κ1) is 26.7. The van der Waals surface area contributed by atoms with Gasteiger partial charge in [0.15, 0.2) is 11.5 Å². The highest BCUT2D eigenvalue weighted by Crippen LogP contribution is 2.28. The van der Waals surface area contributed by atoms with E-state index in [-0.39, 0.29) is 11.0 Å². The van der Waals surface area contributed by atoms with Crippen molar-refractivity contribution in [3.63, 3.8) is 0 Å². The number of benzene rings is 1. The van der Waals surface area contributed by atoms with E-state index in [0.717, 1.165) is 11.4 Å². The summed E-state index contributed by atoms with van der Waals surface area (Å²) in [6, 6.07) is 11.7. The number of ether oxygens (including phenoxy) is 1. The third-order valence-corrected chi connectivity index (χ3v) is 8.23. The van der Waals surface area contributed by atoms with Crippen LogP contribution in [0.5, 0.6) is 5.75 Å². The van der Waals surface area contributed by atoms with Crippen molar-refractivity contribution >= 4 is 15.7 Å². The number of aryl methyl sites for hydroxylation is 1. The number of hydrogen-bond acceptors (Lipinski definition) is 9. The molecule has 13 heteroatoms. The van der Waals surface area contributed by atoms with E-state index in [9.17, 15) is 17.2 Å². The van der Waals surface area contributed by atoms with Crippen LogP contribution in [-0.4, -0.2) is 64.0 Å². The lowest BCUT2D eigenvalue weighted by molar-refractivity contribution is -0.158. The molecular weight excluding hydrogens is 530 g/mol. The third-order valence-electron chi connectivity index (χ3n) is 6.55. The molecule has 206 valence electrons. The first-order valence-electron chi connectivity index (χ1n) is 12.4. The Morgan fingerprint density at radius 2 is 1.85 bits per heavy atom.